The van der Waals surface area contributed by atoms with E-state index in [1.165, 1.54) is 0 Å². The van der Waals surface area contributed by atoms with Gasteiger partial charge in [0.1, 0.15) is 12.3 Å². The molecular weight excluding hydrogens is 299 g/mol. The van der Waals surface area contributed by atoms with E-state index in [0.29, 0.717) is 6.42 Å². The van der Waals surface area contributed by atoms with Crippen molar-refractivity contribution in [1.29, 1.82) is 0 Å². The smallest absolute Gasteiger partial charge is 0.341 e. The molecule has 2 fully saturated rings. The molecule has 2 saturated carbocycles. The summed E-state index contributed by atoms with van der Waals surface area (Å²) in [6.45, 7) is 1.19. The minimum atomic E-state index is -5.62. The summed E-state index contributed by atoms with van der Waals surface area (Å²) in [5.74, 6) is -1.96. The maximum absolute atomic E-state index is 13.4. The molecule has 0 aromatic heterocycles. The molecule has 124 valence electrons. The molecule has 0 aromatic carbocycles. The summed E-state index contributed by atoms with van der Waals surface area (Å²) in [6, 6.07) is -4.84. The molecule has 4 atom stereocenters. The minimum absolute atomic E-state index is 0.117. The fourth-order valence-electron chi connectivity index (χ4n) is 3.60. The van der Waals surface area contributed by atoms with Gasteiger partial charge in [0, 0.05) is 0 Å². The zero-order valence-corrected chi connectivity index (χ0v) is 11.8. The summed E-state index contributed by atoms with van der Waals surface area (Å²) >= 11 is 0. The van der Waals surface area contributed by atoms with Crippen LogP contribution in [0.2, 0.25) is 0 Å². The van der Waals surface area contributed by atoms with Crippen molar-refractivity contribution in [2.75, 3.05) is 6.67 Å². The largest absolute Gasteiger partial charge is 0.477 e. The van der Waals surface area contributed by atoms with Crippen LogP contribution in [0.3, 0.4) is 0 Å². The number of hydrogen-bond acceptors (Lipinski definition) is 3. The Bertz CT molecular complexity index is 396. The fraction of sp³-hybridized carbons (Fsp3) is 1.00. The van der Waals surface area contributed by atoms with Gasteiger partial charge < -0.3 is 9.84 Å². The normalized spacial score (nSPS) is 36.0. The lowest BCUT2D eigenvalue weighted by Crippen LogP contribution is -2.54. The molecule has 0 amide bonds. The van der Waals surface area contributed by atoms with Gasteiger partial charge in [0.2, 0.25) is 0 Å². The Hall–Kier alpha value is -0.470. The standard InChI is InChI=1S/C13H19F5O3/c1-10(2,21-13(18,19)12(15,16)17)20-11(7-14)6-8-3-4-9(11)5-8/h8-9,19H,3-7H2,1-2H3. The predicted molar refractivity (Wildman–Crippen MR) is 62.5 cm³/mol. The Kier molecular flexibility index (Phi) is 4.04. The van der Waals surface area contributed by atoms with Crippen molar-refractivity contribution in [3.05, 3.63) is 0 Å². The quantitative estimate of drug-likeness (QED) is 0.623. The number of fused-ring (bicyclic) bond motifs is 2. The second-order valence-corrected chi connectivity index (χ2v) is 6.44. The fourth-order valence-corrected chi connectivity index (χ4v) is 3.60. The lowest BCUT2D eigenvalue weighted by molar-refractivity contribution is -0.479. The average Bonchev–Trinajstić information content (AvgIpc) is 2.85. The Morgan fingerprint density at radius 3 is 2.19 bits per heavy atom. The van der Waals surface area contributed by atoms with Crippen LogP contribution in [0.4, 0.5) is 22.0 Å². The Morgan fingerprint density at radius 2 is 1.81 bits per heavy atom. The van der Waals surface area contributed by atoms with E-state index in [0.717, 1.165) is 33.1 Å². The van der Waals surface area contributed by atoms with E-state index in [-0.39, 0.29) is 11.8 Å². The zero-order chi connectivity index (χ0) is 16.1. The van der Waals surface area contributed by atoms with E-state index in [4.69, 9.17) is 9.84 Å². The number of alkyl halides is 5. The molecule has 8 heteroatoms. The van der Waals surface area contributed by atoms with Crippen LogP contribution in [0.5, 0.6) is 0 Å². The van der Waals surface area contributed by atoms with E-state index in [9.17, 15) is 22.0 Å². The number of aliphatic hydroxyl groups is 1. The molecule has 3 nitrogen and oxygen atoms in total. The predicted octanol–water partition coefficient (Wildman–Crippen LogP) is 3.46. The molecule has 0 spiro atoms. The summed E-state index contributed by atoms with van der Waals surface area (Å²) in [6.07, 6.45) is -2.83. The maximum atomic E-state index is 13.4. The highest BCUT2D eigenvalue weighted by molar-refractivity contribution is 5.03. The first kappa shape index (κ1) is 16.9. The van der Waals surface area contributed by atoms with E-state index >= 15 is 0 Å². The Balaban J connectivity index is 2.10. The summed E-state index contributed by atoms with van der Waals surface area (Å²) < 4.78 is 73.1. The molecular formula is C13H19F5O3. The molecule has 0 aromatic rings. The van der Waals surface area contributed by atoms with Gasteiger partial charge in [0.15, 0.2) is 5.79 Å². The number of ether oxygens (including phenoxy) is 2. The van der Waals surface area contributed by atoms with Gasteiger partial charge in [-0.05, 0) is 51.4 Å². The molecule has 21 heavy (non-hydrogen) atoms. The van der Waals surface area contributed by atoms with Gasteiger partial charge in [0.05, 0.1) is 0 Å². The first-order chi connectivity index (χ1) is 9.41. The summed E-state index contributed by atoms with van der Waals surface area (Å²) in [5, 5.41) is 8.76. The monoisotopic (exact) mass is 318 g/mol. The third-order valence-electron chi connectivity index (χ3n) is 4.33. The van der Waals surface area contributed by atoms with E-state index in [1.807, 2.05) is 0 Å². The van der Waals surface area contributed by atoms with Crippen LogP contribution >= 0.6 is 0 Å². The lowest BCUT2D eigenvalue weighted by Gasteiger charge is -2.43. The molecule has 0 saturated heterocycles. The molecule has 2 bridgehead atoms. The van der Waals surface area contributed by atoms with Crippen molar-refractivity contribution in [2.45, 2.75) is 63.1 Å². The second kappa shape index (κ2) is 5.03. The molecule has 0 heterocycles. The molecule has 0 radical (unpaired) electrons. The van der Waals surface area contributed by atoms with Crippen LogP contribution in [0.25, 0.3) is 0 Å². The van der Waals surface area contributed by atoms with Gasteiger partial charge in [-0.1, -0.05) is 0 Å². The lowest BCUT2D eigenvalue weighted by atomic mass is 9.84. The third kappa shape index (κ3) is 3.17. The highest BCUT2D eigenvalue weighted by Crippen LogP contribution is 2.54. The van der Waals surface area contributed by atoms with E-state index < -0.39 is 30.3 Å². The number of halogens is 5. The maximum Gasteiger partial charge on any atom is 0.477 e. The Morgan fingerprint density at radius 1 is 1.19 bits per heavy atom. The highest BCUT2D eigenvalue weighted by Gasteiger charge is 2.61. The zero-order valence-electron chi connectivity index (χ0n) is 11.8. The van der Waals surface area contributed by atoms with Crippen LogP contribution in [-0.4, -0.2) is 35.4 Å². The number of rotatable bonds is 5. The summed E-state index contributed by atoms with van der Waals surface area (Å²) in [5.41, 5.74) is -1.26. The van der Waals surface area contributed by atoms with Gasteiger partial charge in [0.25, 0.3) is 0 Å². The molecule has 4 unspecified atom stereocenters. The van der Waals surface area contributed by atoms with Gasteiger partial charge in [-0.15, -0.1) is 0 Å². The van der Waals surface area contributed by atoms with E-state index in [1.54, 1.807) is 0 Å². The second-order valence-electron chi connectivity index (χ2n) is 6.44. The Labute approximate surface area is 119 Å². The number of hydrogen-bond donors (Lipinski definition) is 1. The SMILES string of the molecule is CC(C)(OC1(CF)CC2CCC1C2)OC(O)(F)C(F)(F)F. The molecule has 2 rings (SSSR count). The van der Waals surface area contributed by atoms with Crippen molar-refractivity contribution in [1.82, 2.24) is 0 Å². The van der Waals surface area contributed by atoms with E-state index in [2.05, 4.69) is 4.74 Å². The highest BCUT2D eigenvalue weighted by atomic mass is 19.4. The van der Waals surface area contributed by atoms with Crippen LogP contribution in [-0.2, 0) is 9.47 Å². The molecule has 2 aliphatic carbocycles. The van der Waals surface area contributed by atoms with Crippen molar-refractivity contribution in [2.24, 2.45) is 11.8 Å². The van der Waals surface area contributed by atoms with Crippen LogP contribution in [0, 0.1) is 11.8 Å². The van der Waals surface area contributed by atoms with Gasteiger partial charge in [-0.25, -0.2) is 4.39 Å². The average molecular weight is 318 g/mol. The van der Waals surface area contributed by atoms with Crippen molar-refractivity contribution in [3.8, 4) is 0 Å². The third-order valence-corrected chi connectivity index (χ3v) is 4.33. The minimum Gasteiger partial charge on any atom is -0.341 e. The van der Waals surface area contributed by atoms with Gasteiger partial charge in [-0.2, -0.15) is 17.6 Å². The summed E-state index contributed by atoms with van der Waals surface area (Å²) in [7, 11) is 0. The van der Waals surface area contributed by atoms with Gasteiger partial charge >= 0.3 is 12.2 Å². The molecule has 2 aliphatic rings. The van der Waals surface area contributed by atoms with Crippen LogP contribution in [0.15, 0.2) is 0 Å². The van der Waals surface area contributed by atoms with Crippen LogP contribution < -0.4 is 0 Å². The van der Waals surface area contributed by atoms with Gasteiger partial charge in [-0.3, -0.25) is 4.74 Å². The summed E-state index contributed by atoms with van der Waals surface area (Å²) in [4.78, 5) is 0. The first-order valence-electron chi connectivity index (χ1n) is 6.85. The van der Waals surface area contributed by atoms with Crippen molar-refractivity contribution >= 4 is 0 Å². The van der Waals surface area contributed by atoms with Crippen LogP contribution in [0.1, 0.15) is 39.5 Å². The topological polar surface area (TPSA) is 38.7 Å². The van der Waals surface area contributed by atoms with Crippen molar-refractivity contribution < 1.29 is 36.5 Å². The van der Waals surface area contributed by atoms with Crippen molar-refractivity contribution in [3.63, 3.8) is 0 Å². The molecule has 1 N–H and O–H groups in total. The molecule has 0 aliphatic heterocycles. The first-order valence-corrected chi connectivity index (χ1v) is 6.85.